The van der Waals surface area contributed by atoms with Crippen molar-refractivity contribution in [1.82, 2.24) is 10.3 Å². The Morgan fingerprint density at radius 1 is 1.15 bits per heavy atom. The lowest BCUT2D eigenvalue weighted by Crippen LogP contribution is -2.27. The Hall–Kier alpha value is -2.97. The van der Waals surface area contributed by atoms with E-state index < -0.39 is 0 Å². The first kappa shape index (κ1) is 24.7. The predicted molar refractivity (Wildman–Crippen MR) is 130 cm³/mol. The molecule has 0 saturated heterocycles. The molecule has 33 heavy (non-hydrogen) atoms. The van der Waals surface area contributed by atoms with Crippen LogP contribution in [0.2, 0.25) is 5.02 Å². The topological polar surface area (TPSA) is 80.3 Å². The van der Waals surface area contributed by atoms with Gasteiger partial charge < -0.3 is 15.4 Å². The van der Waals surface area contributed by atoms with Gasteiger partial charge in [-0.15, -0.1) is 0 Å². The quantitative estimate of drug-likeness (QED) is 0.349. The van der Waals surface area contributed by atoms with E-state index in [-0.39, 0.29) is 36.4 Å². The van der Waals surface area contributed by atoms with Crippen molar-refractivity contribution in [2.45, 2.75) is 19.9 Å². The summed E-state index contributed by atoms with van der Waals surface area (Å²) in [5, 5.41) is 6.28. The predicted octanol–water partition coefficient (Wildman–Crippen LogP) is 5.60. The Morgan fingerprint density at radius 2 is 1.97 bits per heavy atom. The van der Waals surface area contributed by atoms with Crippen LogP contribution < -0.4 is 10.6 Å². The molecule has 0 fully saturated rings. The lowest BCUT2D eigenvalue weighted by molar-refractivity contribution is -0.142. The highest BCUT2D eigenvalue weighted by Crippen LogP contribution is 2.28. The molecule has 0 unspecified atom stereocenters. The van der Waals surface area contributed by atoms with Gasteiger partial charge in [0.05, 0.1) is 18.7 Å². The van der Waals surface area contributed by atoms with Gasteiger partial charge in [-0.3, -0.25) is 14.6 Å². The average Bonchev–Trinajstić information content (AvgIpc) is 2.79. The van der Waals surface area contributed by atoms with E-state index in [2.05, 4.69) is 31.5 Å². The van der Waals surface area contributed by atoms with Gasteiger partial charge in [-0.2, -0.15) is 0 Å². The van der Waals surface area contributed by atoms with Gasteiger partial charge in [0.2, 0.25) is 0 Å². The van der Waals surface area contributed by atoms with Gasteiger partial charge in [-0.1, -0.05) is 39.7 Å². The number of nitrogens with one attached hydrogen (secondary N) is 2. The number of carbonyl (C=O) groups excluding carboxylic acids is 2. The zero-order valence-electron chi connectivity index (χ0n) is 17.8. The summed E-state index contributed by atoms with van der Waals surface area (Å²) >= 11 is 9.45. The Labute approximate surface area is 204 Å². The molecule has 2 N–H and O–H groups in total. The molecule has 9 heteroatoms. The molecule has 2 aromatic carbocycles. The molecule has 0 atom stereocenters. The Balaban J connectivity index is 1.70. The van der Waals surface area contributed by atoms with Gasteiger partial charge in [0.25, 0.3) is 5.91 Å². The molecule has 6 nitrogen and oxygen atoms in total. The van der Waals surface area contributed by atoms with E-state index in [1.807, 2.05) is 6.07 Å². The van der Waals surface area contributed by atoms with E-state index in [4.69, 9.17) is 16.3 Å². The van der Waals surface area contributed by atoms with Gasteiger partial charge in [0, 0.05) is 34.3 Å². The number of esters is 1. The molecule has 1 amide bonds. The number of amides is 1. The third-order valence-electron chi connectivity index (χ3n) is 4.70. The van der Waals surface area contributed by atoms with Crippen molar-refractivity contribution in [2.75, 3.05) is 18.5 Å². The minimum Gasteiger partial charge on any atom is -0.466 e. The van der Waals surface area contributed by atoms with E-state index in [1.54, 1.807) is 49.5 Å². The lowest BCUT2D eigenvalue weighted by atomic mass is 10.0. The molecule has 0 bridgehead atoms. The first-order valence-electron chi connectivity index (χ1n) is 10.2. The Kier molecular flexibility index (Phi) is 8.79. The minimum absolute atomic E-state index is 0.0928. The minimum atomic E-state index is -0.385. The number of ether oxygens (including phenoxy) is 1. The van der Waals surface area contributed by atoms with Crippen LogP contribution >= 0.6 is 27.5 Å². The van der Waals surface area contributed by atoms with Crippen molar-refractivity contribution >= 4 is 45.1 Å². The van der Waals surface area contributed by atoms with Crippen LogP contribution in [0.4, 0.5) is 10.1 Å². The van der Waals surface area contributed by atoms with E-state index in [1.165, 1.54) is 6.07 Å². The summed E-state index contributed by atoms with van der Waals surface area (Å²) in [5.41, 5.74) is 3.06. The summed E-state index contributed by atoms with van der Waals surface area (Å²) in [6.45, 7) is 2.55. The van der Waals surface area contributed by atoms with Gasteiger partial charge in [-0.05, 0) is 54.4 Å². The van der Waals surface area contributed by atoms with Crippen molar-refractivity contribution in [3.8, 4) is 11.1 Å². The fourth-order valence-corrected chi connectivity index (χ4v) is 3.59. The first-order chi connectivity index (χ1) is 15.9. The van der Waals surface area contributed by atoms with Crippen LogP contribution in [0.1, 0.15) is 29.4 Å². The number of hydrogen-bond donors (Lipinski definition) is 2. The molecule has 3 rings (SSSR count). The second-order valence-corrected chi connectivity index (χ2v) is 8.37. The molecule has 0 aliphatic carbocycles. The smallest absolute Gasteiger partial charge is 0.307 e. The molecule has 0 aliphatic heterocycles. The van der Waals surface area contributed by atoms with Crippen LogP contribution in [-0.2, 0) is 16.1 Å². The summed E-state index contributed by atoms with van der Waals surface area (Å²) < 4.78 is 19.6. The highest BCUT2D eigenvalue weighted by atomic mass is 79.9. The third kappa shape index (κ3) is 7.00. The van der Waals surface area contributed by atoms with E-state index in [0.717, 1.165) is 16.7 Å². The number of halogens is 3. The molecule has 0 radical (unpaired) electrons. The molecule has 0 saturated carbocycles. The summed E-state index contributed by atoms with van der Waals surface area (Å²) in [5.74, 6) is -1.12. The van der Waals surface area contributed by atoms with Gasteiger partial charge in [0.1, 0.15) is 11.5 Å². The fraction of sp³-hybridized carbons (Fsp3) is 0.208. The molecule has 0 spiro atoms. The maximum atomic E-state index is 14.1. The largest absolute Gasteiger partial charge is 0.466 e. The Bertz CT molecular complexity index is 1140. The van der Waals surface area contributed by atoms with Gasteiger partial charge in [0.15, 0.2) is 0 Å². The molecule has 172 valence electrons. The maximum Gasteiger partial charge on any atom is 0.307 e. The number of benzene rings is 2. The molecule has 1 aromatic heterocycles. The van der Waals surface area contributed by atoms with Gasteiger partial charge >= 0.3 is 5.97 Å². The number of anilines is 1. The normalized spacial score (nSPS) is 10.5. The van der Waals surface area contributed by atoms with Crippen LogP contribution in [0.5, 0.6) is 0 Å². The van der Waals surface area contributed by atoms with Crippen LogP contribution in [0.25, 0.3) is 11.1 Å². The maximum absolute atomic E-state index is 14.1. The number of carbonyl (C=O) groups is 2. The average molecular weight is 535 g/mol. The zero-order valence-corrected chi connectivity index (χ0v) is 20.2. The van der Waals surface area contributed by atoms with Crippen molar-refractivity contribution in [3.05, 3.63) is 81.3 Å². The number of nitrogens with zero attached hydrogens (tertiary/aromatic N) is 1. The van der Waals surface area contributed by atoms with Crippen molar-refractivity contribution in [3.63, 3.8) is 0 Å². The monoisotopic (exact) mass is 533 g/mol. The molecular weight excluding hydrogens is 513 g/mol. The number of pyridine rings is 1. The number of aromatic nitrogens is 1. The lowest BCUT2D eigenvalue weighted by Gasteiger charge is -2.13. The van der Waals surface area contributed by atoms with Crippen LogP contribution in [0, 0.1) is 5.82 Å². The summed E-state index contributed by atoms with van der Waals surface area (Å²) in [6, 6.07) is 13.6. The zero-order chi connectivity index (χ0) is 23.8. The van der Waals surface area contributed by atoms with E-state index in [0.29, 0.717) is 28.3 Å². The van der Waals surface area contributed by atoms with Crippen molar-refractivity contribution in [2.24, 2.45) is 0 Å². The first-order valence-corrected chi connectivity index (χ1v) is 11.4. The second-order valence-electron chi connectivity index (χ2n) is 7.02. The second kappa shape index (κ2) is 11.8. The third-order valence-corrected chi connectivity index (χ3v) is 5.43. The highest BCUT2D eigenvalue weighted by Gasteiger charge is 2.12. The highest BCUT2D eigenvalue weighted by molar-refractivity contribution is 9.10. The van der Waals surface area contributed by atoms with Crippen LogP contribution in [0.3, 0.4) is 0 Å². The number of rotatable bonds is 9. The fourth-order valence-electron chi connectivity index (χ4n) is 3.08. The van der Waals surface area contributed by atoms with Crippen molar-refractivity contribution in [1.29, 1.82) is 0 Å². The molecule has 1 heterocycles. The van der Waals surface area contributed by atoms with E-state index >= 15 is 0 Å². The van der Waals surface area contributed by atoms with Crippen molar-refractivity contribution < 1.29 is 18.7 Å². The number of hydrogen-bond acceptors (Lipinski definition) is 5. The summed E-state index contributed by atoms with van der Waals surface area (Å²) in [6.07, 6.45) is 1.67. The SMILES string of the molecule is CCOC(=O)CCNC(=O)c1ccc(-c2cc(Cl)ccc2CNc2ccc(Br)cc2F)cn1. The van der Waals surface area contributed by atoms with Crippen LogP contribution in [0.15, 0.2) is 59.2 Å². The van der Waals surface area contributed by atoms with Gasteiger partial charge in [-0.25, -0.2) is 4.39 Å². The van der Waals surface area contributed by atoms with Crippen LogP contribution in [-0.4, -0.2) is 30.0 Å². The standard InChI is InChI=1S/C24H22BrClFN3O3/c1-2-33-23(31)9-10-28-24(32)22-7-4-16(14-30-22)19-12-18(26)6-3-15(19)13-29-21-8-5-17(25)11-20(21)27/h3-8,11-12,14,29H,2,9-10,13H2,1H3,(H,28,32). The molecular formula is C24H22BrClFN3O3. The summed E-state index contributed by atoms with van der Waals surface area (Å²) in [4.78, 5) is 27.9. The Morgan fingerprint density at radius 3 is 2.67 bits per heavy atom. The van der Waals surface area contributed by atoms with E-state index in [9.17, 15) is 14.0 Å². The molecule has 3 aromatic rings. The summed E-state index contributed by atoms with van der Waals surface area (Å²) in [7, 11) is 0. The molecule has 0 aliphatic rings.